The molecule has 0 heterocycles. The highest BCUT2D eigenvalue weighted by atomic mass is 16.5. The molecule has 2 heteroatoms. The average Bonchev–Trinajstić information content (AvgIpc) is 2.46. The molecule has 19 heavy (non-hydrogen) atoms. The van der Waals surface area contributed by atoms with Crippen LogP contribution in [0.1, 0.15) is 24.0 Å². The molecule has 0 fully saturated rings. The molecule has 0 saturated carbocycles. The van der Waals surface area contributed by atoms with Crippen LogP contribution in [0.2, 0.25) is 0 Å². The molecule has 0 radical (unpaired) electrons. The standard InChI is InChI=1S/C17H21NO/c1-13(15-7-11-17(19-4)12-8-15)14-5-9-16(10-6-14)18(2)3/h5-13H,1-4H3/t13-/m1/s1. The van der Waals surface area contributed by atoms with Crippen LogP contribution in [-0.4, -0.2) is 21.2 Å². The Labute approximate surface area is 115 Å². The minimum absolute atomic E-state index is 0.391. The van der Waals surface area contributed by atoms with Crippen molar-refractivity contribution in [3.63, 3.8) is 0 Å². The van der Waals surface area contributed by atoms with Gasteiger partial charge in [-0.15, -0.1) is 0 Å². The Balaban J connectivity index is 2.20. The summed E-state index contributed by atoms with van der Waals surface area (Å²) >= 11 is 0. The SMILES string of the molecule is COc1ccc([C@H](C)c2ccc(N(C)C)cc2)cc1. The second-order valence-corrected chi connectivity index (χ2v) is 4.98. The molecule has 2 aromatic carbocycles. The van der Waals surface area contributed by atoms with E-state index in [1.807, 2.05) is 12.1 Å². The van der Waals surface area contributed by atoms with E-state index in [2.05, 4.69) is 62.3 Å². The fraction of sp³-hybridized carbons (Fsp3) is 0.294. The molecule has 0 aromatic heterocycles. The highest BCUT2D eigenvalue weighted by Gasteiger charge is 2.08. The highest BCUT2D eigenvalue weighted by Crippen LogP contribution is 2.27. The van der Waals surface area contributed by atoms with Crippen LogP contribution in [0, 0.1) is 0 Å². The van der Waals surface area contributed by atoms with E-state index >= 15 is 0 Å². The van der Waals surface area contributed by atoms with Crippen molar-refractivity contribution in [1.82, 2.24) is 0 Å². The first-order valence-electron chi connectivity index (χ1n) is 6.53. The van der Waals surface area contributed by atoms with E-state index < -0.39 is 0 Å². The molecule has 0 unspecified atom stereocenters. The number of ether oxygens (including phenoxy) is 1. The number of anilines is 1. The lowest BCUT2D eigenvalue weighted by molar-refractivity contribution is 0.414. The third-order valence-corrected chi connectivity index (χ3v) is 3.53. The van der Waals surface area contributed by atoms with E-state index in [-0.39, 0.29) is 0 Å². The fourth-order valence-electron chi connectivity index (χ4n) is 2.15. The van der Waals surface area contributed by atoms with Crippen molar-refractivity contribution in [2.45, 2.75) is 12.8 Å². The van der Waals surface area contributed by atoms with Crippen LogP contribution in [0.25, 0.3) is 0 Å². The fourth-order valence-corrected chi connectivity index (χ4v) is 2.15. The van der Waals surface area contributed by atoms with Crippen LogP contribution in [0.3, 0.4) is 0 Å². The Hall–Kier alpha value is -1.96. The Morgan fingerprint density at radius 1 is 0.842 bits per heavy atom. The summed E-state index contributed by atoms with van der Waals surface area (Å²) in [4.78, 5) is 2.11. The van der Waals surface area contributed by atoms with Crippen LogP contribution >= 0.6 is 0 Å². The van der Waals surface area contributed by atoms with Gasteiger partial charge in [0.25, 0.3) is 0 Å². The summed E-state index contributed by atoms with van der Waals surface area (Å²) in [5.41, 5.74) is 3.86. The van der Waals surface area contributed by atoms with Gasteiger partial charge in [0.15, 0.2) is 0 Å². The third kappa shape index (κ3) is 3.08. The minimum Gasteiger partial charge on any atom is -0.497 e. The lowest BCUT2D eigenvalue weighted by Gasteiger charge is -2.16. The predicted octanol–water partition coefficient (Wildman–Crippen LogP) is 3.91. The van der Waals surface area contributed by atoms with Crippen molar-refractivity contribution >= 4 is 5.69 Å². The average molecular weight is 255 g/mol. The zero-order valence-corrected chi connectivity index (χ0v) is 12.1. The normalized spacial score (nSPS) is 12.0. The van der Waals surface area contributed by atoms with Crippen molar-refractivity contribution < 1.29 is 4.74 Å². The summed E-state index contributed by atoms with van der Waals surface area (Å²) in [6.45, 7) is 2.23. The molecule has 0 N–H and O–H groups in total. The number of hydrogen-bond donors (Lipinski definition) is 0. The first-order valence-corrected chi connectivity index (χ1v) is 6.53. The molecule has 100 valence electrons. The predicted molar refractivity (Wildman–Crippen MR) is 81.3 cm³/mol. The van der Waals surface area contributed by atoms with Crippen LogP contribution in [-0.2, 0) is 0 Å². The molecule has 0 amide bonds. The zero-order valence-electron chi connectivity index (χ0n) is 12.1. The molecular weight excluding hydrogens is 234 g/mol. The van der Waals surface area contributed by atoms with Gasteiger partial charge in [-0.25, -0.2) is 0 Å². The molecule has 2 rings (SSSR count). The zero-order chi connectivity index (χ0) is 13.8. The first-order chi connectivity index (χ1) is 9.11. The van der Waals surface area contributed by atoms with Crippen LogP contribution in [0.4, 0.5) is 5.69 Å². The molecule has 2 aromatic rings. The van der Waals surface area contributed by atoms with E-state index in [0.29, 0.717) is 5.92 Å². The number of nitrogens with zero attached hydrogens (tertiary/aromatic N) is 1. The number of rotatable bonds is 4. The summed E-state index contributed by atoms with van der Waals surface area (Å²) in [5, 5.41) is 0. The number of methoxy groups -OCH3 is 1. The van der Waals surface area contributed by atoms with E-state index in [1.54, 1.807) is 7.11 Å². The second-order valence-electron chi connectivity index (χ2n) is 4.98. The number of benzene rings is 2. The summed E-state index contributed by atoms with van der Waals surface area (Å²) in [6, 6.07) is 17.0. The quantitative estimate of drug-likeness (QED) is 0.821. The van der Waals surface area contributed by atoms with Crippen LogP contribution in [0.5, 0.6) is 5.75 Å². The maximum atomic E-state index is 5.19. The van der Waals surface area contributed by atoms with Crippen LogP contribution in [0.15, 0.2) is 48.5 Å². The number of hydrogen-bond acceptors (Lipinski definition) is 2. The molecular formula is C17H21NO. The van der Waals surface area contributed by atoms with Gasteiger partial charge in [0, 0.05) is 25.7 Å². The second kappa shape index (κ2) is 5.79. The topological polar surface area (TPSA) is 12.5 Å². The monoisotopic (exact) mass is 255 g/mol. The Morgan fingerprint density at radius 2 is 1.32 bits per heavy atom. The van der Waals surface area contributed by atoms with Gasteiger partial charge in [0.1, 0.15) is 5.75 Å². The van der Waals surface area contributed by atoms with E-state index in [4.69, 9.17) is 4.74 Å². The van der Waals surface area contributed by atoms with Gasteiger partial charge in [0.2, 0.25) is 0 Å². The molecule has 0 aliphatic rings. The molecule has 0 aliphatic carbocycles. The Kier molecular flexibility index (Phi) is 4.10. The summed E-state index contributed by atoms with van der Waals surface area (Å²) in [6.07, 6.45) is 0. The van der Waals surface area contributed by atoms with Gasteiger partial charge in [-0.2, -0.15) is 0 Å². The van der Waals surface area contributed by atoms with Gasteiger partial charge in [-0.05, 0) is 35.4 Å². The lowest BCUT2D eigenvalue weighted by atomic mass is 9.93. The molecule has 1 atom stereocenters. The largest absolute Gasteiger partial charge is 0.497 e. The minimum atomic E-state index is 0.391. The summed E-state index contributed by atoms with van der Waals surface area (Å²) in [7, 11) is 5.81. The summed E-state index contributed by atoms with van der Waals surface area (Å²) < 4.78 is 5.19. The molecule has 0 aliphatic heterocycles. The van der Waals surface area contributed by atoms with E-state index in [1.165, 1.54) is 16.8 Å². The third-order valence-electron chi connectivity index (χ3n) is 3.53. The van der Waals surface area contributed by atoms with Gasteiger partial charge in [-0.3, -0.25) is 0 Å². The van der Waals surface area contributed by atoms with Crippen molar-refractivity contribution in [1.29, 1.82) is 0 Å². The summed E-state index contributed by atoms with van der Waals surface area (Å²) in [5.74, 6) is 1.29. The van der Waals surface area contributed by atoms with Crippen LogP contribution < -0.4 is 9.64 Å². The van der Waals surface area contributed by atoms with Gasteiger partial charge in [-0.1, -0.05) is 31.2 Å². The first kappa shape index (κ1) is 13.5. The van der Waals surface area contributed by atoms with E-state index in [9.17, 15) is 0 Å². The van der Waals surface area contributed by atoms with Crippen molar-refractivity contribution in [3.05, 3.63) is 59.7 Å². The van der Waals surface area contributed by atoms with E-state index in [0.717, 1.165) is 5.75 Å². The Bertz CT molecular complexity index is 514. The maximum Gasteiger partial charge on any atom is 0.118 e. The molecule has 0 spiro atoms. The Morgan fingerprint density at radius 3 is 1.74 bits per heavy atom. The van der Waals surface area contributed by atoms with Gasteiger partial charge >= 0.3 is 0 Å². The van der Waals surface area contributed by atoms with Crippen molar-refractivity contribution in [2.75, 3.05) is 26.1 Å². The molecule has 0 saturated heterocycles. The smallest absolute Gasteiger partial charge is 0.118 e. The lowest BCUT2D eigenvalue weighted by Crippen LogP contribution is -2.08. The molecule has 2 nitrogen and oxygen atoms in total. The molecule has 0 bridgehead atoms. The van der Waals surface area contributed by atoms with Crippen molar-refractivity contribution in [3.8, 4) is 5.75 Å². The van der Waals surface area contributed by atoms with Crippen molar-refractivity contribution in [2.24, 2.45) is 0 Å². The highest BCUT2D eigenvalue weighted by molar-refractivity contribution is 5.47. The van der Waals surface area contributed by atoms with Gasteiger partial charge < -0.3 is 9.64 Å². The van der Waals surface area contributed by atoms with Gasteiger partial charge in [0.05, 0.1) is 7.11 Å². The maximum absolute atomic E-state index is 5.19.